The van der Waals surface area contributed by atoms with Crippen LogP contribution in [0.1, 0.15) is 219 Å². The Kier molecular flexibility index (Phi) is 36.6. The van der Waals surface area contributed by atoms with Gasteiger partial charge < -0.3 is 40.3 Å². The molecule has 0 aromatic rings. The van der Waals surface area contributed by atoms with Crippen LogP contribution in [0.5, 0.6) is 0 Å². The number of carbonyl (C=O) groups excluding carboxylic acids is 1. The van der Waals surface area contributed by atoms with E-state index in [2.05, 4.69) is 31.3 Å². The first-order chi connectivity index (χ1) is 27.8. The van der Waals surface area contributed by atoms with Gasteiger partial charge in [0.05, 0.1) is 25.4 Å². The van der Waals surface area contributed by atoms with Gasteiger partial charge in [-0.25, -0.2) is 0 Å². The molecule has 9 nitrogen and oxygen atoms in total. The lowest BCUT2D eigenvalue weighted by atomic mass is 9.99. The number of nitrogens with one attached hydrogen (secondary N) is 1. The van der Waals surface area contributed by atoms with E-state index in [0.717, 1.165) is 38.5 Å². The molecule has 0 bridgehead atoms. The van der Waals surface area contributed by atoms with Crippen LogP contribution in [0.15, 0.2) is 24.3 Å². The predicted molar refractivity (Wildman–Crippen MR) is 235 cm³/mol. The number of aliphatic hydroxyl groups is 5. The van der Waals surface area contributed by atoms with E-state index >= 15 is 0 Å². The van der Waals surface area contributed by atoms with Crippen LogP contribution in [0.3, 0.4) is 0 Å². The van der Waals surface area contributed by atoms with Crippen LogP contribution in [0.2, 0.25) is 0 Å². The molecule has 0 spiro atoms. The van der Waals surface area contributed by atoms with Gasteiger partial charge in [-0.3, -0.25) is 4.79 Å². The van der Waals surface area contributed by atoms with E-state index in [4.69, 9.17) is 9.47 Å². The molecule has 0 aromatic carbocycles. The number of allylic oxidation sites excluding steroid dienone is 3. The molecular formula is C48H91NO8. The van der Waals surface area contributed by atoms with Crippen molar-refractivity contribution < 1.29 is 39.8 Å². The van der Waals surface area contributed by atoms with Gasteiger partial charge in [-0.15, -0.1) is 0 Å². The van der Waals surface area contributed by atoms with E-state index in [1.54, 1.807) is 6.08 Å². The van der Waals surface area contributed by atoms with Crippen molar-refractivity contribution in [2.24, 2.45) is 0 Å². The summed E-state index contributed by atoms with van der Waals surface area (Å²) in [5.74, 6) is -0.189. The van der Waals surface area contributed by atoms with Gasteiger partial charge >= 0.3 is 0 Å². The minimum Gasteiger partial charge on any atom is -0.394 e. The molecule has 57 heavy (non-hydrogen) atoms. The molecule has 0 aromatic heterocycles. The first-order valence-corrected chi connectivity index (χ1v) is 24.1. The van der Waals surface area contributed by atoms with E-state index in [1.165, 1.54) is 161 Å². The van der Waals surface area contributed by atoms with Crippen molar-refractivity contribution >= 4 is 5.91 Å². The Morgan fingerprint density at radius 3 is 1.47 bits per heavy atom. The van der Waals surface area contributed by atoms with Gasteiger partial charge in [0.25, 0.3) is 0 Å². The molecule has 1 aliphatic rings. The van der Waals surface area contributed by atoms with Gasteiger partial charge in [0, 0.05) is 6.42 Å². The molecule has 336 valence electrons. The lowest BCUT2D eigenvalue weighted by Gasteiger charge is -2.40. The highest BCUT2D eigenvalue weighted by molar-refractivity contribution is 5.76. The summed E-state index contributed by atoms with van der Waals surface area (Å²) >= 11 is 0. The maximum absolute atomic E-state index is 12.9. The molecule has 7 unspecified atom stereocenters. The Balaban J connectivity index is 2.26. The topological polar surface area (TPSA) is 149 Å². The van der Waals surface area contributed by atoms with Crippen molar-refractivity contribution in [1.82, 2.24) is 5.32 Å². The number of aliphatic hydroxyl groups excluding tert-OH is 5. The first kappa shape index (κ1) is 53.7. The van der Waals surface area contributed by atoms with Crippen molar-refractivity contribution in [3.8, 4) is 0 Å². The minimum atomic E-state index is -1.57. The summed E-state index contributed by atoms with van der Waals surface area (Å²) in [4.78, 5) is 12.9. The number of hydrogen-bond acceptors (Lipinski definition) is 8. The summed E-state index contributed by atoms with van der Waals surface area (Å²) in [6.45, 7) is 3.74. The maximum atomic E-state index is 12.9. The molecule has 1 amide bonds. The van der Waals surface area contributed by atoms with Gasteiger partial charge in [0.1, 0.15) is 24.4 Å². The Labute approximate surface area is 349 Å². The third kappa shape index (κ3) is 29.5. The van der Waals surface area contributed by atoms with Crippen LogP contribution in [-0.2, 0) is 14.3 Å². The number of rotatable bonds is 40. The van der Waals surface area contributed by atoms with Crippen LogP contribution in [0.4, 0.5) is 0 Å². The zero-order valence-corrected chi connectivity index (χ0v) is 36.9. The molecule has 1 saturated heterocycles. The number of hydrogen-bond donors (Lipinski definition) is 6. The standard InChI is InChI=1S/C48H91NO8/c1-3-5-7-9-11-13-14-15-16-17-18-19-20-21-22-23-24-25-26-27-28-30-31-33-35-37-42(51)41(40-56-48-47(55)46(54)45(53)43(39-50)57-48)49-44(52)38-36-34-32-29-12-10-8-6-4-2/h28,30,35,37,41-43,45-48,50-51,53-55H,3-27,29,31-34,36,38-40H2,1-2H3,(H,49,52)/b30-28+,37-35+. The van der Waals surface area contributed by atoms with E-state index in [9.17, 15) is 30.3 Å². The molecular weight excluding hydrogens is 719 g/mol. The average molecular weight is 810 g/mol. The monoisotopic (exact) mass is 810 g/mol. The largest absolute Gasteiger partial charge is 0.394 e. The van der Waals surface area contributed by atoms with Gasteiger partial charge in [0.15, 0.2) is 6.29 Å². The summed E-state index contributed by atoms with van der Waals surface area (Å²) in [6, 6.07) is -0.815. The van der Waals surface area contributed by atoms with Crippen LogP contribution in [0.25, 0.3) is 0 Å². The molecule has 1 aliphatic heterocycles. The summed E-state index contributed by atoms with van der Waals surface area (Å²) in [7, 11) is 0. The van der Waals surface area contributed by atoms with E-state index < -0.39 is 49.5 Å². The number of carbonyl (C=O) groups is 1. The quantitative estimate of drug-likeness (QED) is 0.0265. The Morgan fingerprint density at radius 1 is 0.579 bits per heavy atom. The summed E-state index contributed by atoms with van der Waals surface area (Å²) in [6.07, 6.45) is 39.7. The van der Waals surface area contributed by atoms with Crippen molar-refractivity contribution in [3.05, 3.63) is 24.3 Å². The van der Waals surface area contributed by atoms with Gasteiger partial charge in [0.2, 0.25) is 5.91 Å². The Morgan fingerprint density at radius 2 is 1.00 bits per heavy atom. The second-order valence-electron chi connectivity index (χ2n) is 16.9. The lowest BCUT2D eigenvalue weighted by molar-refractivity contribution is -0.302. The highest BCUT2D eigenvalue weighted by atomic mass is 16.7. The molecule has 0 saturated carbocycles. The minimum absolute atomic E-state index is 0.189. The zero-order valence-electron chi connectivity index (χ0n) is 36.9. The normalized spacial score (nSPS) is 21.1. The summed E-state index contributed by atoms with van der Waals surface area (Å²) in [5.41, 5.74) is 0. The SMILES string of the molecule is CCCCCCCCCCCCCCCCCCCCC/C=C/CC/C=C/C(O)C(COC1OC(CO)C(O)C(O)C1O)NC(=O)CCCCCCCCCCC. The van der Waals surface area contributed by atoms with E-state index in [1.807, 2.05) is 6.08 Å². The fraction of sp³-hybridized carbons (Fsp3) is 0.896. The summed E-state index contributed by atoms with van der Waals surface area (Å²) in [5, 5.41) is 54.1. The highest BCUT2D eigenvalue weighted by Gasteiger charge is 2.44. The van der Waals surface area contributed by atoms with Gasteiger partial charge in [-0.2, -0.15) is 0 Å². The number of amides is 1. The van der Waals surface area contributed by atoms with E-state index in [-0.39, 0.29) is 12.5 Å². The number of ether oxygens (including phenoxy) is 2. The first-order valence-electron chi connectivity index (χ1n) is 24.1. The average Bonchev–Trinajstić information content (AvgIpc) is 3.21. The molecule has 6 N–H and O–H groups in total. The molecule has 1 heterocycles. The van der Waals surface area contributed by atoms with Crippen LogP contribution in [-0.4, -0.2) is 87.5 Å². The van der Waals surface area contributed by atoms with Gasteiger partial charge in [-0.1, -0.05) is 205 Å². The maximum Gasteiger partial charge on any atom is 0.220 e. The van der Waals surface area contributed by atoms with Crippen LogP contribution in [0, 0.1) is 0 Å². The zero-order chi connectivity index (χ0) is 41.6. The lowest BCUT2D eigenvalue weighted by Crippen LogP contribution is -2.60. The van der Waals surface area contributed by atoms with Crippen molar-refractivity contribution in [2.75, 3.05) is 13.2 Å². The predicted octanol–water partition coefficient (Wildman–Crippen LogP) is 10.3. The third-order valence-electron chi connectivity index (χ3n) is 11.5. The molecule has 7 atom stereocenters. The highest BCUT2D eigenvalue weighted by Crippen LogP contribution is 2.23. The Bertz CT molecular complexity index is 945. The fourth-order valence-electron chi connectivity index (χ4n) is 7.64. The van der Waals surface area contributed by atoms with E-state index in [0.29, 0.717) is 6.42 Å². The molecule has 1 fully saturated rings. The number of unbranched alkanes of at least 4 members (excludes halogenated alkanes) is 28. The fourth-order valence-corrected chi connectivity index (χ4v) is 7.64. The molecule has 0 radical (unpaired) electrons. The molecule has 0 aliphatic carbocycles. The summed E-state index contributed by atoms with van der Waals surface area (Å²) < 4.78 is 11.2. The van der Waals surface area contributed by atoms with Crippen LogP contribution >= 0.6 is 0 Å². The van der Waals surface area contributed by atoms with Crippen LogP contribution < -0.4 is 5.32 Å². The second kappa shape index (κ2) is 38.8. The Hall–Kier alpha value is -1.33. The molecule has 9 heteroatoms. The third-order valence-corrected chi connectivity index (χ3v) is 11.5. The van der Waals surface area contributed by atoms with Crippen molar-refractivity contribution in [3.63, 3.8) is 0 Å². The van der Waals surface area contributed by atoms with Crippen molar-refractivity contribution in [2.45, 2.75) is 262 Å². The van der Waals surface area contributed by atoms with Crippen molar-refractivity contribution in [1.29, 1.82) is 0 Å². The molecule has 1 rings (SSSR count). The smallest absolute Gasteiger partial charge is 0.220 e. The second-order valence-corrected chi connectivity index (χ2v) is 16.9. The van der Waals surface area contributed by atoms with Gasteiger partial charge in [-0.05, 0) is 32.1 Å².